The van der Waals surface area contributed by atoms with E-state index in [2.05, 4.69) is 10.1 Å². The van der Waals surface area contributed by atoms with Gasteiger partial charge in [-0.15, -0.1) is 0 Å². The van der Waals surface area contributed by atoms with Crippen LogP contribution in [0.15, 0.2) is 35.7 Å². The Morgan fingerprint density at radius 2 is 2.00 bits per heavy atom. The van der Waals surface area contributed by atoms with Gasteiger partial charge in [-0.3, -0.25) is 4.98 Å². The molecule has 96 valence electrons. The molecule has 0 amide bonds. The average Bonchev–Trinajstić information content (AvgIpc) is 2.77. The molecule has 0 radical (unpaired) electrons. The van der Waals surface area contributed by atoms with Crippen LogP contribution in [0.25, 0.3) is 5.69 Å². The molecule has 1 N–H and O–H groups in total. The predicted molar refractivity (Wildman–Crippen MR) is 55.4 cm³/mol. The van der Waals surface area contributed by atoms with Gasteiger partial charge in [0.25, 0.3) is 0 Å². The maximum atomic E-state index is 12.5. The lowest BCUT2D eigenvalue weighted by molar-refractivity contribution is -0.137. The lowest BCUT2D eigenvalue weighted by Gasteiger charge is -2.07. The third kappa shape index (κ3) is 2.57. The summed E-state index contributed by atoms with van der Waals surface area (Å²) in [7, 11) is 0. The molecule has 0 spiro atoms. The summed E-state index contributed by atoms with van der Waals surface area (Å²) >= 11 is -2.23. The van der Waals surface area contributed by atoms with Crippen molar-refractivity contribution in [2.75, 3.05) is 0 Å². The van der Waals surface area contributed by atoms with Gasteiger partial charge in [0.15, 0.2) is 11.1 Å². The van der Waals surface area contributed by atoms with E-state index >= 15 is 0 Å². The van der Waals surface area contributed by atoms with Crippen molar-refractivity contribution < 1.29 is 21.9 Å². The minimum absolute atomic E-state index is 0.00703. The first kappa shape index (κ1) is 12.7. The molecule has 18 heavy (non-hydrogen) atoms. The minimum atomic E-state index is -4.50. The van der Waals surface area contributed by atoms with Crippen LogP contribution in [-0.2, 0) is 17.3 Å². The molecule has 0 aromatic carbocycles. The molecule has 2 heterocycles. The molecular weight excluding hydrogens is 271 g/mol. The molecule has 9 heteroatoms. The standard InChI is InChI=1S/C9H6F3N3O2S/c10-9(11,12)6-1-7(3-13-2-6)15-5-8(4-14-15)18(16)17/h1-5H,(H,16,17). The van der Waals surface area contributed by atoms with E-state index in [4.69, 9.17) is 4.55 Å². The summed E-state index contributed by atoms with van der Waals surface area (Å²) < 4.78 is 57.9. The van der Waals surface area contributed by atoms with Gasteiger partial charge in [-0.25, -0.2) is 8.89 Å². The maximum absolute atomic E-state index is 12.5. The normalized spacial score (nSPS) is 13.6. The zero-order valence-electron chi connectivity index (χ0n) is 8.63. The summed E-state index contributed by atoms with van der Waals surface area (Å²) in [6.07, 6.45) is -0.382. The first-order valence-electron chi connectivity index (χ1n) is 4.56. The molecule has 0 aliphatic carbocycles. The molecule has 1 atom stereocenters. The van der Waals surface area contributed by atoms with Crippen LogP contribution in [0.4, 0.5) is 13.2 Å². The Kier molecular flexibility index (Phi) is 3.18. The first-order valence-corrected chi connectivity index (χ1v) is 5.67. The number of halogens is 3. The van der Waals surface area contributed by atoms with Crippen LogP contribution in [0.5, 0.6) is 0 Å². The molecule has 0 aliphatic rings. The number of nitrogens with zero attached hydrogens (tertiary/aromatic N) is 3. The fraction of sp³-hybridized carbons (Fsp3) is 0.111. The second-order valence-corrected chi connectivity index (χ2v) is 4.27. The smallest absolute Gasteiger partial charge is 0.302 e. The summed E-state index contributed by atoms with van der Waals surface area (Å²) in [6.45, 7) is 0. The number of rotatable bonds is 2. The molecule has 0 saturated heterocycles. The quantitative estimate of drug-likeness (QED) is 0.851. The number of alkyl halides is 3. The zero-order valence-corrected chi connectivity index (χ0v) is 9.44. The van der Waals surface area contributed by atoms with Crippen LogP contribution in [0.1, 0.15) is 5.56 Å². The highest BCUT2D eigenvalue weighted by molar-refractivity contribution is 7.79. The highest BCUT2D eigenvalue weighted by Gasteiger charge is 2.31. The molecule has 5 nitrogen and oxygen atoms in total. The van der Waals surface area contributed by atoms with Crippen molar-refractivity contribution in [3.63, 3.8) is 0 Å². The Balaban J connectivity index is 2.41. The van der Waals surface area contributed by atoms with Crippen molar-refractivity contribution in [2.24, 2.45) is 0 Å². The molecule has 2 rings (SSSR count). The molecule has 1 unspecified atom stereocenters. The van der Waals surface area contributed by atoms with Crippen molar-refractivity contribution >= 4 is 11.1 Å². The van der Waals surface area contributed by atoms with Gasteiger partial charge in [0.2, 0.25) is 0 Å². The average molecular weight is 277 g/mol. The molecule has 2 aromatic heterocycles. The fourth-order valence-corrected chi connectivity index (χ4v) is 1.57. The van der Waals surface area contributed by atoms with E-state index in [0.29, 0.717) is 6.20 Å². The summed E-state index contributed by atoms with van der Waals surface area (Å²) in [4.78, 5) is 3.46. The Labute approximate surface area is 102 Å². The maximum Gasteiger partial charge on any atom is 0.417 e. The van der Waals surface area contributed by atoms with Crippen LogP contribution < -0.4 is 0 Å². The fourth-order valence-electron chi connectivity index (χ4n) is 1.25. The Hall–Kier alpha value is -1.74. The van der Waals surface area contributed by atoms with Crippen molar-refractivity contribution in [3.8, 4) is 5.69 Å². The van der Waals surface area contributed by atoms with Crippen molar-refractivity contribution in [1.82, 2.24) is 14.8 Å². The summed E-state index contributed by atoms with van der Waals surface area (Å²) in [5.74, 6) is 0. The highest BCUT2D eigenvalue weighted by atomic mass is 32.2. The summed E-state index contributed by atoms with van der Waals surface area (Å²) in [5, 5.41) is 3.69. The van der Waals surface area contributed by atoms with E-state index in [1.807, 2.05) is 0 Å². The largest absolute Gasteiger partial charge is 0.417 e. The summed E-state index contributed by atoms with van der Waals surface area (Å²) in [5.41, 5.74) is -0.858. The van der Waals surface area contributed by atoms with Gasteiger partial charge in [-0.1, -0.05) is 0 Å². The first-order chi connectivity index (χ1) is 8.38. The molecular formula is C9H6F3N3O2S. The van der Waals surface area contributed by atoms with Crippen LogP contribution in [0.3, 0.4) is 0 Å². The van der Waals surface area contributed by atoms with Crippen molar-refractivity contribution in [3.05, 3.63) is 36.4 Å². The summed E-state index contributed by atoms with van der Waals surface area (Å²) in [6, 6.07) is 0.851. The number of aromatic nitrogens is 3. The van der Waals surface area contributed by atoms with Crippen LogP contribution in [0, 0.1) is 0 Å². The molecule has 2 aromatic rings. The van der Waals surface area contributed by atoms with E-state index in [0.717, 1.165) is 23.1 Å². The van der Waals surface area contributed by atoms with Gasteiger partial charge in [-0.2, -0.15) is 18.3 Å². The Morgan fingerprint density at radius 3 is 2.56 bits per heavy atom. The van der Waals surface area contributed by atoms with Gasteiger partial charge in [0.1, 0.15) is 4.90 Å². The Bertz CT molecular complexity index is 597. The van der Waals surface area contributed by atoms with Crippen LogP contribution in [-0.4, -0.2) is 23.5 Å². The molecule has 0 fully saturated rings. The van der Waals surface area contributed by atoms with Crippen molar-refractivity contribution in [1.29, 1.82) is 0 Å². The van der Waals surface area contributed by atoms with Gasteiger partial charge < -0.3 is 4.55 Å². The number of pyridine rings is 1. The highest BCUT2D eigenvalue weighted by Crippen LogP contribution is 2.29. The SMILES string of the molecule is O=S(O)c1cnn(-c2cncc(C(F)(F)F)c2)c1. The van der Waals surface area contributed by atoms with Gasteiger partial charge >= 0.3 is 6.18 Å². The molecule has 0 saturated carbocycles. The lowest BCUT2D eigenvalue weighted by atomic mass is 10.2. The molecule has 0 aliphatic heterocycles. The van der Waals surface area contributed by atoms with E-state index in [-0.39, 0.29) is 10.6 Å². The second kappa shape index (κ2) is 4.50. The second-order valence-electron chi connectivity index (χ2n) is 3.30. The van der Waals surface area contributed by atoms with Gasteiger partial charge in [-0.05, 0) is 6.07 Å². The minimum Gasteiger partial charge on any atom is -0.302 e. The third-order valence-corrected chi connectivity index (χ3v) is 2.69. The third-order valence-electron chi connectivity index (χ3n) is 2.08. The van der Waals surface area contributed by atoms with E-state index in [9.17, 15) is 17.4 Å². The zero-order chi connectivity index (χ0) is 13.3. The van der Waals surface area contributed by atoms with Crippen LogP contribution in [0.2, 0.25) is 0 Å². The number of hydrogen-bond acceptors (Lipinski definition) is 3. The van der Waals surface area contributed by atoms with E-state index in [1.165, 1.54) is 6.20 Å². The topological polar surface area (TPSA) is 68.0 Å². The molecule has 0 bridgehead atoms. The predicted octanol–water partition coefficient (Wildman–Crippen LogP) is 1.87. The van der Waals surface area contributed by atoms with E-state index in [1.54, 1.807) is 0 Å². The lowest BCUT2D eigenvalue weighted by Crippen LogP contribution is -2.07. The monoisotopic (exact) mass is 277 g/mol. The Morgan fingerprint density at radius 1 is 1.28 bits per heavy atom. The van der Waals surface area contributed by atoms with Gasteiger partial charge in [0, 0.05) is 12.4 Å². The number of hydrogen-bond donors (Lipinski definition) is 1. The van der Waals surface area contributed by atoms with E-state index < -0.39 is 22.8 Å². The van der Waals surface area contributed by atoms with Gasteiger partial charge in [0.05, 0.1) is 23.6 Å². The van der Waals surface area contributed by atoms with Crippen LogP contribution >= 0.6 is 0 Å². The van der Waals surface area contributed by atoms with Crippen molar-refractivity contribution in [2.45, 2.75) is 11.1 Å².